The molecule has 0 unspecified atom stereocenters. The van der Waals surface area contributed by atoms with Crippen molar-refractivity contribution in [2.24, 2.45) is 0 Å². The van der Waals surface area contributed by atoms with Crippen LogP contribution in [-0.4, -0.2) is 37.2 Å². The van der Waals surface area contributed by atoms with E-state index in [0.29, 0.717) is 19.3 Å². The Labute approximate surface area is 439 Å². The Morgan fingerprint density at radius 2 is 0.577 bits per heavy atom. The second kappa shape index (κ2) is 59.2. The van der Waals surface area contributed by atoms with Crippen LogP contribution < -0.4 is 0 Å². The maximum atomic E-state index is 12.9. The number of ether oxygens (including phenoxy) is 3. The van der Waals surface area contributed by atoms with Crippen molar-refractivity contribution in [3.8, 4) is 0 Å². The van der Waals surface area contributed by atoms with Crippen molar-refractivity contribution in [1.82, 2.24) is 0 Å². The van der Waals surface area contributed by atoms with Gasteiger partial charge in [0.25, 0.3) is 0 Å². The maximum Gasteiger partial charge on any atom is 0.306 e. The molecule has 6 heteroatoms. The first-order chi connectivity index (χ1) is 35.0. The number of carbonyl (C=O) groups excluding carboxylic acids is 3. The van der Waals surface area contributed by atoms with Gasteiger partial charge in [0.15, 0.2) is 6.10 Å². The zero-order valence-electron chi connectivity index (χ0n) is 46.7. The quantitative estimate of drug-likeness (QED) is 0.0261. The maximum absolute atomic E-state index is 12.9. The largest absolute Gasteiger partial charge is 0.462 e. The number of unbranched alkanes of at least 4 members (excludes halogenated alkanes) is 29. The van der Waals surface area contributed by atoms with E-state index in [9.17, 15) is 14.4 Å². The summed E-state index contributed by atoms with van der Waals surface area (Å²) in [5, 5.41) is 0. The van der Waals surface area contributed by atoms with Gasteiger partial charge in [-0.05, 0) is 83.5 Å². The molecule has 6 nitrogen and oxygen atoms in total. The van der Waals surface area contributed by atoms with E-state index in [0.717, 1.165) is 77.0 Å². The third-order valence-corrected chi connectivity index (χ3v) is 12.9. The molecular weight excluding hydrogens is 877 g/mol. The van der Waals surface area contributed by atoms with Gasteiger partial charge in [-0.25, -0.2) is 0 Å². The molecule has 0 heterocycles. The van der Waals surface area contributed by atoms with Gasteiger partial charge in [-0.2, -0.15) is 0 Å². The lowest BCUT2D eigenvalue weighted by molar-refractivity contribution is -0.166. The van der Waals surface area contributed by atoms with Gasteiger partial charge in [0, 0.05) is 19.3 Å². The molecule has 0 saturated heterocycles. The molecule has 1 atom stereocenters. The molecule has 0 aliphatic heterocycles. The van der Waals surface area contributed by atoms with E-state index >= 15 is 0 Å². The summed E-state index contributed by atoms with van der Waals surface area (Å²) in [6.07, 6.45) is 77.3. The van der Waals surface area contributed by atoms with Crippen LogP contribution in [0.5, 0.6) is 0 Å². The highest BCUT2D eigenvalue weighted by Gasteiger charge is 2.19. The number of carbonyl (C=O) groups is 3. The van der Waals surface area contributed by atoms with Crippen molar-refractivity contribution >= 4 is 17.9 Å². The van der Waals surface area contributed by atoms with E-state index in [4.69, 9.17) is 14.2 Å². The second-order valence-corrected chi connectivity index (χ2v) is 19.9. The van der Waals surface area contributed by atoms with Crippen LogP contribution in [0, 0.1) is 0 Å². The fourth-order valence-corrected chi connectivity index (χ4v) is 8.41. The molecule has 0 fully saturated rings. The normalized spacial score (nSPS) is 12.7. The van der Waals surface area contributed by atoms with Crippen LogP contribution >= 0.6 is 0 Å². The van der Waals surface area contributed by atoms with Crippen LogP contribution in [0.15, 0.2) is 85.1 Å². The summed E-state index contributed by atoms with van der Waals surface area (Å²) in [4.78, 5) is 38.2. The topological polar surface area (TPSA) is 78.9 Å². The van der Waals surface area contributed by atoms with Gasteiger partial charge in [0.1, 0.15) is 13.2 Å². The highest BCUT2D eigenvalue weighted by Crippen LogP contribution is 2.16. The number of esters is 3. The van der Waals surface area contributed by atoms with E-state index in [2.05, 4.69) is 99.8 Å². The fourth-order valence-electron chi connectivity index (χ4n) is 8.41. The second-order valence-electron chi connectivity index (χ2n) is 19.9. The SMILES string of the molecule is CC/C=C\C/C=C\C/C=C\C/C=C\C/C=C\C/C=C\CCC(=O)OC[C@@H](COC(=O)CCCCCCCCCCCCCCCCC)OC(=O)CCCCCCCCCCC/C=C\CCCCCCCC. The van der Waals surface area contributed by atoms with Gasteiger partial charge in [0.05, 0.1) is 0 Å². The van der Waals surface area contributed by atoms with Crippen LogP contribution in [0.3, 0.4) is 0 Å². The molecule has 0 spiro atoms. The molecule has 0 amide bonds. The van der Waals surface area contributed by atoms with Crippen LogP contribution in [0.1, 0.15) is 290 Å². The highest BCUT2D eigenvalue weighted by molar-refractivity contribution is 5.71. The zero-order chi connectivity index (χ0) is 51.4. The Kier molecular flexibility index (Phi) is 56.3. The molecule has 0 bridgehead atoms. The predicted octanol–water partition coefficient (Wildman–Crippen LogP) is 20.3. The number of allylic oxidation sites excluding steroid dienone is 14. The minimum absolute atomic E-state index is 0.0980. The average molecular weight is 990 g/mol. The fraction of sp³-hybridized carbons (Fsp3) is 0.738. The Hall–Kier alpha value is -3.41. The van der Waals surface area contributed by atoms with Crippen molar-refractivity contribution < 1.29 is 28.6 Å². The van der Waals surface area contributed by atoms with E-state index < -0.39 is 6.10 Å². The Bertz CT molecular complexity index is 1370. The molecule has 0 aliphatic rings. The molecule has 0 rings (SSSR count). The molecule has 408 valence electrons. The first-order valence-corrected chi connectivity index (χ1v) is 30.1. The van der Waals surface area contributed by atoms with Crippen molar-refractivity contribution in [2.45, 2.75) is 297 Å². The minimum Gasteiger partial charge on any atom is -0.462 e. The van der Waals surface area contributed by atoms with E-state index in [1.165, 1.54) is 167 Å². The molecule has 0 saturated carbocycles. The molecule has 0 aliphatic carbocycles. The first kappa shape index (κ1) is 67.6. The summed E-state index contributed by atoms with van der Waals surface area (Å²) in [5.41, 5.74) is 0. The average Bonchev–Trinajstić information content (AvgIpc) is 3.37. The lowest BCUT2D eigenvalue weighted by Crippen LogP contribution is -2.30. The summed E-state index contributed by atoms with van der Waals surface area (Å²) in [6.45, 7) is 6.48. The summed E-state index contributed by atoms with van der Waals surface area (Å²) in [6, 6.07) is 0. The van der Waals surface area contributed by atoms with Crippen LogP contribution in [0.4, 0.5) is 0 Å². The van der Waals surface area contributed by atoms with Crippen molar-refractivity contribution in [1.29, 1.82) is 0 Å². The lowest BCUT2D eigenvalue weighted by atomic mass is 10.0. The van der Waals surface area contributed by atoms with Crippen LogP contribution in [0.25, 0.3) is 0 Å². The van der Waals surface area contributed by atoms with Crippen molar-refractivity contribution in [3.05, 3.63) is 85.1 Å². The lowest BCUT2D eigenvalue weighted by Gasteiger charge is -2.18. The van der Waals surface area contributed by atoms with E-state index in [-0.39, 0.29) is 37.5 Å². The van der Waals surface area contributed by atoms with E-state index in [1.54, 1.807) is 0 Å². The third kappa shape index (κ3) is 57.4. The van der Waals surface area contributed by atoms with Gasteiger partial charge in [-0.3, -0.25) is 14.4 Å². The summed E-state index contributed by atoms with van der Waals surface area (Å²) in [7, 11) is 0. The zero-order valence-corrected chi connectivity index (χ0v) is 46.7. The summed E-state index contributed by atoms with van der Waals surface area (Å²) >= 11 is 0. The molecule has 0 aromatic rings. The molecule has 71 heavy (non-hydrogen) atoms. The Morgan fingerprint density at radius 1 is 0.296 bits per heavy atom. The van der Waals surface area contributed by atoms with Gasteiger partial charge >= 0.3 is 17.9 Å². The first-order valence-electron chi connectivity index (χ1n) is 30.1. The number of hydrogen-bond acceptors (Lipinski definition) is 6. The van der Waals surface area contributed by atoms with E-state index in [1.807, 2.05) is 6.08 Å². The monoisotopic (exact) mass is 989 g/mol. The van der Waals surface area contributed by atoms with Crippen molar-refractivity contribution in [3.63, 3.8) is 0 Å². The predicted molar refractivity (Wildman–Crippen MR) is 307 cm³/mol. The van der Waals surface area contributed by atoms with Gasteiger partial charge in [-0.1, -0.05) is 273 Å². The van der Waals surface area contributed by atoms with Crippen LogP contribution in [0.2, 0.25) is 0 Å². The Balaban J connectivity index is 4.47. The Morgan fingerprint density at radius 3 is 0.944 bits per heavy atom. The van der Waals surface area contributed by atoms with Gasteiger partial charge in [-0.15, -0.1) is 0 Å². The molecule has 0 radical (unpaired) electrons. The molecule has 0 aromatic heterocycles. The highest BCUT2D eigenvalue weighted by atomic mass is 16.6. The molecular formula is C65H112O6. The summed E-state index contributed by atoms with van der Waals surface area (Å²) in [5.74, 6) is -0.978. The minimum atomic E-state index is -0.807. The van der Waals surface area contributed by atoms with Gasteiger partial charge < -0.3 is 14.2 Å². The smallest absolute Gasteiger partial charge is 0.306 e. The number of hydrogen-bond donors (Lipinski definition) is 0. The third-order valence-electron chi connectivity index (χ3n) is 12.9. The van der Waals surface area contributed by atoms with Gasteiger partial charge in [0.2, 0.25) is 0 Å². The molecule has 0 aromatic carbocycles. The van der Waals surface area contributed by atoms with Crippen LogP contribution in [-0.2, 0) is 28.6 Å². The molecule has 0 N–H and O–H groups in total. The standard InChI is InChI=1S/C65H112O6/c1-4-7-10-13-16-19-22-25-28-30-32-34-37-40-43-46-49-52-55-58-64(67)70-61-62(60-69-63(66)57-54-51-48-45-42-39-36-27-24-21-18-15-12-9-6-3)71-65(68)59-56-53-50-47-44-41-38-35-33-31-29-26-23-20-17-14-11-8-5-2/h7,10,16,19,25-26,28-29,32,34,40,43,49,52,62H,4-6,8-9,11-15,17-18,20-24,27,30-31,33,35-39,41-42,44-48,50-51,53-61H2,1-3H3/b10-7-,19-16-,28-25-,29-26-,34-32-,43-40-,52-49-/t62-/m1/s1. The van der Waals surface area contributed by atoms with Crippen molar-refractivity contribution in [2.75, 3.05) is 13.2 Å². The summed E-state index contributed by atoms with van der Waals surface area (Å²) < 4.78 is 16.8. The number of rotatable bonds is 54.